The number of aromatic nitrogens is 3. The highest BCUT2D eigenvalue weighted by Gasteiger charge is 2.18. The Morgan fingerprint density at radius 1 is 0.523 bits per heavy atom. The fraction of sp³-hybridized carbons (Fsp3) is 0. The van der Waals surface area contributed by atoms with E-state index in [2.05, 4.69) is 45.3 Å². The molecular weight excluding hydrogens is 559 g/mol. The van der Waals surface area contributed by atoms with Crippen molar-refractivity contribution in [2.75, 3.05) is 0 Å². The largest absolute Gasteiger partial charge is 0.455 e. The van der Waals surface area contributed by atoms with Gasteiger partial charge in [0.1, 0.15) is 11.2 Å². The van der Waals surface area contributed by atoms with Crippen molar-refractivity contribution in [3.05, 3.63) is 139 Å². The van der Waals surface area contributed by atoms with Crippen LogP contribution in [0.2, 0.25) is 0 Å². The number of nitrogens with zero attached hydrogens (tertiary/aromatic N) is 3. The summed E-state index contributed by atoms with van der Waals surface area (Å²) >= 11 is 1.73. The quantitative estimate of drug-likeness (QED) is 0.204. The van der Waals surface area contributed by atoms with Gasteiger partial charge in [-0.2, -0.15) is 0 Å². The Hall–Kier alpha value is -5.65. The van der Waals surface area contributed by atoms with Crippen molar-refractivity contribution in [3.63, 3.8) is 0 Å². The lowest BCUT2D eigenvalue weighted by atomic mass is 10.00. The predicted octanol–water partition coefficient (Wildman–Crippen LogP) is 10.8. The van der Waals surface area contributed by atoms with Gasteiger partial charge in [0.2, 0.25) is 0 Å². The number of benzene rings is 6. The molecule has 0 aliphatic carbocycles. The summed E-state index contributed by atoms with van der Waals surface area (Å²) in [5, 5.41) is 3.91. The van der Waals surface area contributed by atoms with Crippen LogP contribution in [0, 0.1) is 0 Å². The average molecular weight is 592 g/mol. The van der Waals surface area contributed by atoms with Gasteiger partial charge < -0.3 is 4.42 Å². The zero-order valence-corrected chi connectivity index (χ0v) is 23.5. The maximum atomic E-state index is 8.63. The van der Waals surface area contributed by atoms with Crippen molar-refractivity contribution in [1.82, 2.24) is 15.0 Å². The van der Waals surface area contributed by atoms with E-state index < -0.39 is 60.4 Å². The summed E-state index contributed by atoms with van der Waals surface area (Å²) < 4.78 is 92.6. The van der Waals surface area contributed by atoms with Crippen LogP contribution in [0.15, 0.2) is 144 Å². The van der Waals surface area contributed by atoms with Crippen LogP contribution in [-0.4, -0.2) is 15.0 Å². The molecule has 5 heteroatoms. The lowest BCUT2D eigenvalue weighted by molar-refractivity contribution is 0.669. The van der Waals surface area contributed by atoms with Gasteiger partial charge in [0.05, 0.1) is 19.3 Å². The standard InChI is InChI=1S/C39H23N3OS/c1-3-11-24(12-4-1)37-40-38(25-13-5-2-6-14-25)42-39(41-37)31-19-10-17-29-32-23-26(21-22-33(32)43-35(29)31)27-16-9-18-30-28-15-7-8-20-34(28)44-36(27)30/h1-23H/i1D,2D,3D,4D,5D,6D,11D,12D,13D,14D. The molecule has 4 nitrogen and oxygen atoms in total. The zero-order chi connectivity index (χ0) is 37.7. The van der Waals surface area contributed by atoms with Crippen LogP contribution < -0.4 is 0 Å². The third-order valence-corrected chi connectivity index (χ3v) is 8.76. The summed E-state index contributed by atoms with van der Waals surface area (Å²) in [7, 11) is 0. The molecule has 0 unspecified atom stereocenters. The fourth-order valence-corrected chi connectivity index (χ4v) is 6.80. The second-order valence-electron chi connectivity index (χ2n) is 10.1. The van der Waals surface area contributed by atoms with Crippen molar-refractivity contribution in [1.29, 1.82) is 0 Å². The molecule has 0 bridgehead atoms. The van der Waals surface area contributed by atoms with E-state index in [9.17, 15) is 0 Å². The van der Waals surface area contributed by atoms with E-state index in [-0.39, 0.29) is 28.6 Å². The molecule has 0 amide bonds. The SMILES string of the molecule is [2H]c1c([2H])c([2H])c(-c2nc(-c3c([2H])c([2H])c([2H])c([2H])c3[2H])nc(-c3cccc4c3oc3ccc(-c5cccc6c5sc5ccccc56)cc34)n2)c([2H])c1[2H]. The number of furan rings is 1. The maximum absolute atomic E-state index is 8.63. The van der Waals surface area contributed by atoms with E-state index in [1.165, 1.54) is 15.5 Å². The van der Waals surface area contributed by atoms with Crippen molar-refractivity contribution < 1.29 is 18.1 Å². The average Bonchev–Trinajstić information content (AvgIpc) is 3.76. The third kappa shape index (κ3) is 4.02. The fourth-order valence-electron chi connectivity index (χ4n) is 5.56. The molecule has 0 N–H and O–H groups in total. The first-order valence-electron chi connectivity index (χ1n) is 18.7. The smallest absolute Gasteiger partial charge is 0.167 e. The van der Waals surface area contributed by atoms with E-state index >= 15 is 0 Å². The Labute approximate surface area is 271 Å². The van der Waals surface area contributed by atoms with Gasteiger partial charge in [-0.3, -0.25) is 0 Å². The van der Waals surface area contributed by atoms with Gasteiger partial charge in [-0.15, -0.1) is 11.3 Å². The minimum Gasteiger partial charge on any atom is -0.455 e. The van der Waals surface area contributed by atoms with Crippen molar-refractivity contribution in [2.45, 2.75) is 0 Å². The van der Waals surface area contributed by atoms with Crippen LogP contribution in [0.4, 0.5) is 0 Å². The molecule has 0 radical (unpaired) electrons. The Kier molecular flexibility index (Phi) is 3.82. The molecular formula is C39H23N3OS. The van der Waals surface area contributed by atoms with Gasteiger partial charge >= 0.3 is 0 Å². The first kappa shape index (κ1) is 16.8. The normalized spacial score (nSPS) is 14.8. The highest BCUT2D eigenvalue weighted by Crippen LogP contribution is 2.42. The molecule has 206 valence electrons. The molecule has 9 rings (SSSR count). The summed E-state index contributed by atoms with van der Waals surface area (Å²) in [4.78, 5) is 13.6. The first-order chi connectivity index (χ1) is 25.9. The van der Waals surface area contributed by atoms with Crippen LogP contribution in [0.25, 0.3) is 87.4 Å². The predicted molar refractivity (Wildman–Crippen MR) is 182 cm³/mol. The highest BCUT2D eigenvalue weighted by atomic mass is 32.1. The van der Waals surface area contributed by atoms with E-state index in [0.29, 0.717) is 16.7 Å². The van der Waals surface area contributed by atoms with Crippen LogP contribution >= 0.6 is 11.3 Å². The van der Waals surface area contributed by atoms with Gasteiger partial charge in [0, 0.05) is 42.1 Å². The van der Waals surface area contributed by atoms with E-state index in [4.69, 9.17) is 18.1 Å². The molecule has 0 fully saturated rings. The molecule has 44 heavy (non-hydrogen) atoms. The molecule has 9 aromatic rings. The van der Waals surface area contributed by atoms with Crippen LogP contribution in [0.1, 0.15) is 13.7 Å². The summed E-state index contributed by atoms with van der Waals surface area (Å²) in [6.07, 6.45) is 0. The van der Waals surface area contributed by atoms with Crippen LogP contribution in [0.5, 0.6) is 0 Å². The minimum atomic E-state index is -0.612. The number of hydrogen-bond acceptors (Lipinski definition) is 5. The molecule has 6 aromatic carbocycles. The second-order valence-corrected chi connectivity index (χ2v) is 11.1. The molecule has 0 aliphatic heterocycles. The van der Waals surface area contributed by atoms with Gasteiger partial charge in [-0.1, -0.05) is 115 Å². The summed E-state index contributed by atoms with van der Waals surface area (Å²) in [6, 6.07) is 19.9. The van der Waals surface area contributed by atoms with Crippen molar-refractivity contribution in [3.8, 4) is 45.3 Å². The number of rotatable bonds is 4. The third-order valence-electron chi connectivity index (χ3n) is 7.54. The van der Waals surface area contributed by atoms with Gasteiger partial charge in [0.15, 0.2) is 17.5 Å². The lowest BCUT2D eigenvalue weighted by Gasteiger charge is -2.08. The second kappa shape index (κ2) is 9.97. The summed E-state index contributed by atoms with van der Waals surface area (Å²) in [6.45, 7) is 0. The Balaban J connectivity index is 1.29. The Morgan fingerprint density at radius 2 is 1.16 bits per heavy atom. The van der Waals surface area contributed by atoms with E-state index in [1.54, 1.807) is 23.5 Å². The van der Waals surface area contributed by atoms with Gasteiger partial charge in [-0.05, 0) is 35.4 Å². The van der Waals surface area contributed by atoms with Gasteiger partial charge in [-0.25, -0.2) is 15.0 Å². The van der Waals surface area contributed by atoms with Crippen molar-refractivity contribution in [2.24, 2.45) is 0 Å². The summed E-state index contributed by atoms with van der Waals surface area (Å²) in [5.74, 6) is -0.746. The molecule has 3 heterocycles. The number of thiophene rings is 1. The minimum absolute atomic E-state index is 0.0615. The molecule has 0 aliphatic rings. The molecule has 0 atom stereocenters. The van der Waals surface area contributed by atoms with Gasteiger partial charge in [0.25, 0.3) is 0 Å². The number of hydrogen-bond donors (Lipinski definition) is 0. The van der Waals surface area contributed by atoms with Crippen LogP contribution in [-0.2, 0) is 0 Å². The van der Waals surface area contributed by atoms with Crippen LogP contribution in [0.3, 0.4) is 0 Å². The monoisotopic (exact) mass is 591 g/mol. The molecule has 0 saturated heterocycles. The maximum Gasteiger partial charge on any atom is 0.167 e. The van der Waals surface area contributed by atoms with Crippen molar-refractivity contribution >= 4 is 53.4 Å². The lowest BCUT2D eigenvalue weighted by Crippen LogP contribution is -2.00. The molecule has 0 saturated carbocycles. The topological polar surface area (TPSA) is 51.8 Å². The number of fused-ring (bicyclic) bond motifs is 6. The van der Waals surface area contributed by atoms with E-state index in [1.807, 2.05) is 36.4 Å². The zero-order valence-electron chi connectivity index (χ0n) is 32.7. The molecule has 3 aromatic heterocycles. The molecule has 0 spiro atoms. The summed E-state index contributed by atoms with van der Waals surface area (Å²) in [5.41, 5.74) is 2.70. The highest BCUT2D eigenvalue weighted by molar-refractivity contribution is 7.26. The first-order valence-corrected chi connectivity index (χ1v) is 14.5. The Morgan fingerprint density at radius 3 is 1.91 bits per heavy atom. The number of para-hydroxylation sites is 1. The Bertz CT molecular complexity index is 2940. The van der Waals surface area contributed by atoms with E-state index in [0.717, 1.165) is 26.6 Å².